The van der Waals surface area contributed by atoms with Crippen LogP contribution in [0.1, 0.15) is 19.3 Å². The van der Waals surface area contributed by atoms with Crippen LogP contribution in [0.25, 0.3) is 0 Å². The maximum Gasteiger partial charge on any atom is 0.230 e. The highest BCUT2D eigenvalue weighted by Gasteiger charge is 2.41. The number of hydrogen-bond acceptors (Lipinski definition) is 3. The third kappa shape index (κ3) is 4.41. The summed E-state index contributed by atoms with van der Waals surface area (Å²) in [7, 11) is 0. The highest BCUT2D eigenvalue weighted by Crippen LogP contribution is 2.47. The van der Waals surface area contributed by atoms with E-state index in [1.54, 1.807) is 0 Å². The van der Waals surface area contributed by atoms with Crippen molar-refractivity contribution in [3.05, 3.63) is 29.3 Å². The van der Waals surface area contributed by atoms with Gasteiger partial charge in [0, 0.05) is 18.0 Å². The minimum absolute atomic E-state index is 0.0223. The van der Waals surface area contributed by atoms with Gasteiger partial charge in [-0.05, 0) is 36.8 Å². The molecule has 1 amide bonds. The standard InChI is InChI=1S/C14H18ClNO2S/c15-11-3-1-2-4-12(11)19-9-13(18)16-10-14(5-6-14)7-8-17/h1-4,17H,5-10H2,(H,16,18). The second kappa shape index (κ2) is 6.64. The fourth-order valence-corrected chi connectivity index (χ4v) is 3.04. The van der Waals surface area contributed by atoms with Crippen LogP contribution in [0.2, 0.25) is 5.02 Å². The molecule has 3 nitrogen and oxygen atoms in total. The van der Waals surface area contributed by atoms with Crippen molar-refractivity contribution >= 4 is 29.3 Å². The van der Waals surface area contributed by atoms with E-state index in [0.717, 1.165) is 24.2 Å². The van der Waals surface area contributed by atoms with E-state index in [1.807, 2.05) is 24.3 Å². The second-order valence-corrected chi connectivity index (χ2v) is 6.39. The number of amides is 1. The third-order valence-electron chi connectivity index (χ3n) is 3.46. The number of aliphatic hydroxyl groups excluding tert-OH is 1. The molecule has 0 aromatic heterocycles. The lowest BCUT2D eigenvalue weighted by atomic mass is 10.0. The molecule has 0 radical (unpaired) electrons. The first-order valence-corrected chi connectivity index (χ1v) is 7.76. The number of carbonyl (C=O) groups is 1. The fourth-order valence-electron chi connectivity index (χ4n) is 1.97. The average Bonchev–Trinajstić information content (AvgIpc) is 3.16. The van der Waals surface area contributed by atoms with Crippen LogP contribution in [-0.2, 0) is 4.79 Å². The first kappa shape index (κ1) is 14.7. The molecule has 104 valence electrons. The lowest BCUT2D eigenvalue weighted by Crippen LogP contribution is -2.31. The zero-order chi connectivity index (χ0) is 13.7. The highest BCUT2D eigenvalue weighted by molar-refractivity contribution is 8.00. The topological polar surface area (TPSA) is 49.3 Å². The van der Waals surface area contributed by atoms with Gasteiger partial charge in [0.1, 0.15) is 0 Å². The van der Waals surface area contributed by atoms with E-state index in [1.165, 1.54) is 11.8 Å². The molecule has 1 aromatic rings. The molecule has 0 aliphatic heterocycles. The summed E-state index contributed by atoms with van der Waals surface area (Å²) in [5.41, 5.74) is 0.166. The SMILES string of the molecule is O=C(CSc1ccccc1Cl)NCC1(CCO)CC1. The van der Waals surface area contributed by atoms with Crippen molar-refractivity contribution in [1.29, 1.82) is 0 Å². The smallest absolute Gasteiger partial charge is 0.230 e. The van der Waals surface area contributed by atoms with Gasteiger partial charge in [0.15, 0.2) is 0 Å². The van der Waals surface area contributed by atoms with E-state index in [-0.39, 0.29) is 17.9 Å². The Hall–Kier alpha value is -0.710. The fraction of sp³-hybridized carbons (Fsp3) is 0.500. The lowest BCUT2D eigenvalue weighted by molar-refractivity contribution is -0.118. The van der Waals surface area contributed by atoms with Crippen LogP contribution in [0.5, 0.6) is 0 Å². The van der Waals surface area contributed by atoms with Gasteiger partial charge in [0.2, 0.25) is 5.91 Å². The molecule has 2 rings (SSSR count). The largest absolute Gasteiger partial charge is 0.396 e. The summed E-state index contributed by atoms with van der Waals surface area (Å²) in [4.78, 5) is 12.7. The number of aliphatic hydroxyl groups is 1. The number of nitrogens with one attached hydrogen (secondary N) is 1. The van der Waals surface area contributed by atoms with Crippen molar-refractivity contribution in [2.24, 2.45) is 5.41 Å². The molecule has 0 saturated heterocycles. The summed E-state index contributed by atoms with van der Waals surface area (Å²) in [5, 5.41) is 12.6. The lowest BCUT2D eigenvalue weighted by Gasteiger charge is -2.14. The van der Waals surface area contributed by atoms with E-state index >= 15 is 0 Å². The molecule has 0 unspecified atom stereocenters. The summed E-state index contributed by atoms with van der Waals surface area (Å²) in [6.07, 6.45) is 2.99. The van der Waals surface area contributed by atoms with Crippen molar-refractivity contribution in [3.63, 3.8) is 0 Å². The van der Waals surface area contributed by atoms with Gasteiger partial charge in [-0.3, -0.25) is 4.79 Å². The molecule has 0 atom stereocenters. The number of hydrogen-bond donors (Lipinski definition) is 2. The molecule has 1 saturated carbocycles. The van der Waals surface area contributed by atoms with Crippen LogP contribution in [0.15, 0.2) is 29.2 Å². The third-order valence-corrected chi connectivity index (χ3v) is 4.97. The Labute approximate surface area is 122 Å². The second-order valence-electron chi connectivity index (χ2n) is 4.97. The quantitative estimate of drug-likeness (QED) is 0.761. The van der Waals surface area contributed by atoms with Crippen molar-refractivity contribution in [2.75, 3.05) is 18.9 Å². The van der Waals surface area contributed by atoms with Crippen LogP contribution >= 0.6 is 23.4 Å². The van der Waals surface area contributed by atoms with E-state index in [2.05, 4.69) is 5.32 Å². The molecule has 1 aliphatic carbocycles. The van der Waals surface area contributed by atoms with Gasteiger partial charge in [-0.25, -0.2) is 0 Å². The van der Waals surface area contributed by atoms with E-state index < -0.39 is 0 Å². The van der Waals surface area contributed by atoms with Gasteiger partial charge in [-0.1, -0.05) is 23.7 Å². The molecule has 0 bridgehead atoms. The summed E-state index contributed by atoms with van der Waals surface area (Å²) >= 11 is 7.47. The highest BCUT2D eigenvalue weighted by atomic mass is 35.5. The predicted molar refractivity (Wildman–Crippen MR) is 78.6 cm³/mol. The number of benzene rings is 1. The summed E-state index contributed by atoms with van der Waals surface area (Å²) in [6.45, 7) is 0.875. The average molecular weight is 300 g/mol. The molecular formula is C14H18ClNO2S. The van der Waals surface area contributed by atoms with Crippen LogP contribution in [0.3, 0.4) is 0 Å². The van der Waals surface area contributed by atoms with Gasteiger partial charge >= 0.3 is 0 Å². The summed E-state index contributed by atoms with van der Waals surface area (Å²) < 4.78 is 0. The molecule has 1 aromatic carbocycles. The molecular weight excluding hydrogens is 282 g/mol. The summed E-state index contributed by atoms with van der Waals surface area (Å²) in [5.74, 6) is 0.396. The van der Waals surface area contributed by atoms with E-state index in [4.69, 9.17) is 16.7 Å². The van der Waals surface area contributed by atoms with Crippen LogP contribution in [0.4, 0.5) is 0 Å². The van der Waals surface area contributed by atoms with Crippen molar-refractivity contribution in [1.82, 2.24) is 5.32 Å². The van der Waals surface area contributed by atoms with E-state index in [9.17, 15) is 4.79 Å². The predicted octanol–water partition coefficient (Wildman–Crippen LogP) is 2.71. The minimum atomic E-state index is 0.0223. The van der Waals surface area contributed by atoms with Gasteiger partial charge in [-0.2, -0.15) is 0 Å². The number of thioether (sulfide) groups is 1. The Bertz CT molecular complexity index is 449. The van der Waals surface area contributed by atoms with Crippen molar-refractivity contribution in [2.45, 2.75) is 24.2 Å². The molecule has 5 heteroatoms. The first-order valence-electron chi connectivity index (χ1n) is 6.40. The zero-order valence-corrected chi connectivity index (χ0v) is 12.3. The maximum atomic E-state index is 11.8. The Morgan fingerprint density at radius 1 is 1.42 bits per heavy atom. The van der Waals surface area contributed by atoms with Gasteiger partial charge in [-0.15, -0.1) is 11.8 Å². The Morgan fingerprint density at radius 3 is 2.79 bits per heavy atom. The Morgan fingerprint density at radius 2 is 2.16 bits per heavy atom. The van der Waals surface area contributed by atoms with Crippen LogP contribution < -0.4 is 5.32 Å². The van der Waals surface area contributed by atoms with Crippen LogP contribution in [0, 0.1) is 5.41 Å². The molecule has 1 aliphatic rings. The van der Waals surface area contributed by atoms with Gasteiger partial charge in [0.05, 0.1) is 10.8 Å². The Kier molecular flexibility index (Phi) is 5.13. The first-order chi connectivity index (χ1) is 9.15. The molecule has 0 heterocycles. The molecule has 1 fully saturated rings. The normalized spacial score (nSPS) is 16.1. The van der Waals surface area contributed by atoms with Crippen molar-refractivity contribution < 1.29 is 9.90 Å². The van der Waals surface area contributed by atoms with Gasteiger partial charge in [0.25, 0.3) is 0 Å². The molecule has 0 spiro atoms. The van der Waals surface area contributed by atoms with Gasteiger partial charge < -0.3 is 10.4 Å². The Balaban J connectivity index is 1.72. The maximum absolute atomic E-state index is 11.8. The molecule has 19 heavy (non-hydrogen) atoms. The van der Waals surface area contributed by atoms with Crippen molar-refractivity contribution in [3.8, 4) is 0 Å². The van der Waals surface area contributed by atoms with Crippen LogP contribution in [-0.4, -0.2) is 29.9 Å². The zero-order valence-electron chi connectivity index (χ0n) is 10.7. The number of halogens is 1. The molecule has 2 N–H and O–H groups in total. The minimum Gasteiger partial charge on any atom is -0.396 e. The number of carbonyl (C=O) groups excluding carboxylic acids is 1. The van der Waals surface area contributed by atoms with E-state index in [0.29, 0.717) is 17.3 Å². The monoisotopic (exact) mass is 299 g/mol. The number of rotatable bonds is 7. The summed E-state index contributed by atoms with van der Waals surface area (Å²) in [6, 6.07) is 7.52.